The summed E-state index contributed by atoms with van der Waals surface area (Å²) in [7, 11) is -1.61. The zero-order valence-electron chi connectivity index (χ0n) is 10.8. The molecule has 0 aromatic rings. The number of hydrogen-bond acceptors (Lipinski definition) is 0. The highest BCUT2D eigenvalue weighted by Gasteiger charge is 2.35. The Labute approximate surface area is 100 Å². The molecular formula is C13H23ClSi. The van der Waals surface area contributed by atoms with Crippen molar-refractivity contribution >= 4 is 18.5 Å². The van der Waals surface area contributed by atoms with Crippen LogP contribution in [-0.2, 0) is 0 Å². The van der Waals surface area contributed by atoms with Crippen molar-refractivity contribution < 1.29 is 0 Å². The average molecular weight is 243 g/mol. The van der Waals surface area contributed by atoms with Crippen LogP contribution in [0, 0.1) is 11.8 Å². The van der Waals surface area contributed by atoms with Crippen LogP contribution in [0.25, 0.3) is 0 Å². The fourth-order valence-corrected chi connectivity index (χ4v) is 4.46. The third kappa shape index (κ3) is 2.98. The Balaban J connectivity index is 3.02. The molecule has 2 heteroatoms. The topological polar surface area (TPSA) is 0 Å². The van der Waals surface area contributed by atoms with E-state index in [2.05, 4.69) is 52.9 Å². The Hall–Kier alpha value is -0.0131. The van der Waals surface area contributed by atoms with Crippen LogP contribution < -0.4 is 0 Å². The first-order valence-corrected chi connectivity index (χ1v) is 9.94. The first kappa shape index (κ1) is 13.1. The summed E-state index contributed by atoms with van der Waals surface area (Å²) < 4.78 is 0. The van der Waals surface area contributed by atoms with Crippen LogP contribution in [-0.4, -0.2) is 7.38 Å². The Kier molecular flexibility index (Phi) is 3.89. The molecule has 0 spiro atoms. The summed E-state index contributed by atoms with van der Waals surface area (Å²) in [5, 5.41) is 0. The van der Waals surface area contributed by atoms with E-state index in [-0.39, 0.29) is 0 Å². The van der Waals surface area contributed by atoms with Gasteiger partial charge in [0.15, 0.2) is 7.38 Å². The van der Waals surface area contributed by atoms with Crippen LogP contribution in [0.3, 0.4) is 0 Å². The van der Waals surface area contributed by atoms with Gasteiger partial charge in [-0.25, -0.2) is 0 Å². The molecule has 0 fully saturated rings. The second-order valence-electron chi connectivity index (χ2n) is 5.66. The number of hydrogen-bond donors (Lipinski definition) is 0. The minimum absolute atomic E-state index is 0.538. The second-order valence-corrected chi connectivity index (χ2v) is 12.3. The van der Waals surface area contributed by atoms with Gasteiger partial charge >= 0.3 is 0 Å². The molecule has 0 radical (unpaired) electrons. The quantitative estimate of drug-likeness (QED) is 0.484. The zero-order valence-corrected chi connectivity index (χ0v) is 12.5. The van der Waals surface area contributed by atoms with Crippen molar-refractivity contribution in [2.75, 3.05) is 0 Å². The van der Waals surface area contributed by atoms with Crippen LogP contribution in [0.2, 0.25) is 18.6 Å². The lowest BCUT2D eigenvalue weighted by Crippen LogP contribution is -2.25. The average Bonchev–Trinajstić information content (AvgIpc) is 2.45. The minimum Gasteiger partial charge on any atom is -0.167 e. The maximum atomic E-state index is 6.60. The van der Waals surface area contributed by atoms with E-state index in [1.54, 1.807) is 5.57 Å². The van der Waals surface area contributed by atoms with E-state index in [9.17, 15) is 0 Å². The Morgan fingerprint density at radius 2 is 1.67 bits per heavy atom. The normalized spacial score (nSPS) is 22.3. The van der Waals surface area contributed by atoms with E-state index >= 15 is 0 Å². The van der Waals surface area contributed by atoms with Crippen LogP contribution in [0.15, 0.2) is 23.3 Å². The highest BCUT2D eigenvalue weighted by molar-refractivity contribution is 7.20. The molecule has 0 nitrogen and oxygen atoms in total. The van der Waals surface area contributed by atoms with Crippen LogP contribution >= 0.6 is 11.1 Å². The summed E-state index contributed by atoms with van der Waals surface area (Å²) in [5.74, 6) is 1.24. The van der Waals surface area contributed by atoms with Crippen molar-refractivity contribution in [3.05, 3.63) is 23.3 Å². The molecule has 0 saturated heterocycles. The summed E-state index contributed by atoms with van der Waals surface area (Å²) in [6.45, 7) is 13.5. The van der Waals surface area contributed by atoms with E-state index in [0.717, 1.165) is 0 Å². The van der Waals surface area contributed by atoms with E-state index in [4.69, 9.17) is 11.1 Å². The van der Waals surface area contributed by atoms with Gasteiger partial charge in [-0.05, 0) is 17.4 Å². The maximum Gasteiger partial charge on any atom is 0.161 e. The van der Waals surface area contributed by atoms with Gasteiger partial charge in [0.1, 0.15) is 0 Å². The van der Waals surface area contributed by atoms with Crippen molar-refractivity contribution in [3.8, 4) is 0 Å². The molecule has 0 bridgehead atoms. The van der Waals surface area contributed by atoms with E-state index in [1.165, 1.54) is 5.57 Å². The fraction of sp³-hybridized carbons (Fsp3) is 0.692. The van der Waals surface area contributed by atoms with Gasteiger partial charge in [0.2, 0.25) is 0 Å². The predicted octanol–water partition coefficient (Wildman–Crippen LogP) is 4.98. The lowest BCUT2D eigenvalue weighted by Gasteiger charge is -2.25. The smallest absolute Gasteiger partial charge is 0.161 e. The molecule has 0 heterocycles. The van der Waals surface area contributed by atoms with E-state index < -0.39 is 7.38 Å². The number of rotatable bonds is 3. The monoisotopic (exact) mass is 242 g/mol. The van der Waals surface area contributed by atoms with Crippen molar-refractivity contribution in [2.45, 2.75) is 46.3 Å². The molecule has 0 aliphatic heterocycles. The largest absolute Gasteiger partial charge is 0.167 e. The summed E-state index contributed by atoms with van der Waals surface area (Å²) in [6, 6.07) is 0. The number of halogens is 1. The first-order valence-electron chi connectivity index (χ1n) is 5.85. The second kappa shape index (κ2) is 4.46. The molecule has 15 heavy (non-hydrogen) atoms. The molecule has 1 aliphatic rings. The van der Waals surface area contributed by atoms with Crippen LogP contribution in [0.5, 0.6) is 0 Å². The molecular weight excluding hydrogens is 220 g/mol. The van der Waals surface area contributed by atoms with Gasteiger partial charge in [-0.3, -0.25) is 0 Å². The molecule has 0 aromatic heterocycles. The SMILES string of the molecule is CC(C)C1=CC([Si](C)(C)Cl)C(C(C)C)=C1. The molecule has 86 valence electrons. The number of allylic oxidation sites excluding steroid dienone is 4. The lowest BCUT2D eigenvalue weighted by molar-refractivity contribution is 0.746. The van der Waals surface area contributed by atoms with Crippen molar-refractivity contribution in [1.29, 1.82) is 0 Å². The van der Waals surface area contributed by atoms with Crippen LogP contribution in [0.4, 0.5) is 0 Å². The third-order valence-corrected chi connectivity index (χ3v) is 5.81. The van der Waals surface area contributed by atoms with Crippen LogP contribution in [0.1, 0.15) is 27.7 Å². The summed E-state index contributed by atoms with van der Waals surface area (Å²) >= 11 is 6.60. The molecule has 1 aliphatic carbocycles. The molecule has 0 amide bonds. The molecule has 0 saturated carbocycles. The fourth-order valence-electron chi connectivity index (χ4n) is 2.10. The van der Waals surface area contributed by atoms with Gasteiger partial charge in [-0.2, -0.15) is 11.1 Å². The lowest BCUT2D eigenvalue weighted by atomic mass is 10.0. The maximum absolute atomic E-state index is 6.60. The van der Waals surface area contributed by atoms with Gasteiger partial charge in [-0.1, -0.05) is 58.5 Å². The Morgan fingerprint density at radius 1 is 1.13 bits per heavy atom. The standard InChI is InChI=1S/C13H23ClSi/c1-9(2)11-7-12(10(3)4)13(8-11)15(5,6)14/h7-10,13H,1-6H3. The molecule has 1 atom stereocenters. The molecule has 0 aromatic carbocycles. The van der Waals surface area contributed by atoms with Gasteiger partial charge in [0.25, 0.3) is 0 Å². The van der Waals surface area contributed by atoms with Gasteiger partial charge in [-0.15, -0.1) is 0 Å². The Bertz CT molecular complexity index is 292. The van der Waals surface area contributed by atoms with E-state index in [0.29, 0.717) is 17.4 Å². The van der Waals surface area contributed by atoms with Crippen molar-refractivity contribution in [2.24, 2.45) is 11.8 Å². The highest BCUT2D eigenvalue weighted by Crippen LogP contribution is 2.44. The predicted molar refractivity (Wildman–Crippen MR) is 72.9 cm³/mol. The summed E-state index contributed by atoms with van der Waals surface area (Å²) in [4.78, 5) is 0. The molecule has 0 N–H and O–H groups in total. The van der Waals surface area contributed by atoms with Crippen molar-refractivity contribution in [1.82, 2.24) is 0 Å². The first-order chi connectivity index (χ1) is 6.73. The summed E-state index contributed by atoms with van der Waals surface area (Å²) in [5.41, 5.74) is 3.56. The Morgan fingerprint density at radius 3 is 1.93 bits per heavy atom. The minimum atomic E-state index is -1.61. The molecule has 1 unspecified atom stereocenters. The third-order valence-electron chi connectivity index (χ3n) is 3.12. The van der Waals surface area contributed by atoms with Gasteiger partial charge in [0.05, 0.1) is 0 Å². The van der Waals surface area contributed by atoms with Crippen molar-refractivity contribution in [3.63, 3.8) is 0 Å². The zero-order chi connectivity index (χ0) is 11.8. The van der Waals surface area contributed by atoms with Gasteiger partial charge < -0.3 is 0 Å². The molecule has 1 rings (SSSR count). The van der Waals surface area contributed by atoms with E-state index in [1.807, 2.05) is 0 Å². The summed E-state index contributed by atoms with van der Waals surface area (Å²) in [6.07, 6.45) is 4.80. The highest BCUT2D eigenvalue weighted by atomic mass is 35.6. The van der Waals surface area contributed by atoms with Gasteiger partial charge in [0, 0.05) is 5.54 Å².